The highest BCUT2D eigenvalue weighted by Crippen LogP contribution is 2.26. The van der Waals surface area contributed by atoms with E-state index in [1.807, 2.05) is 0 Å². The first kappa shape index (κ1) is 49.4. The molecule has 55 heavy (non-hydrogen) atoms. The molecule has 14 nitrogen and oxygen atoms in total. The number of hydrogen-bond donors (Lipinski definition) is 7. The second-order valence-corrected chi connectivity index (χ2v) is 14.4. The second-order valence-electron chi connectivity index (χ2n) is 14.4. The molecule has 0 spiro atoms. The molecule has 14 heteroatoms. The van der Waals surface area contributed by atoms with E-state index in [9.17, 15) is 40.5 Å². The summed E-state index contributed by atoms with van der Waals surface area (Å²) in [4.78, 5) is 12.7. The van der Waals surface area contributed by atoms with Crippen molar-refractivity contribution in [3.05, 3.63) is 36.5 Å². The maximum atomic E-state index is 12.7. The summed E-state index contributed by atoms with van der Waals surface area (Å²) in [5, 5.41) is 71.5. The Balaban J connectivity index is 1.79. The van der Waals surface area contributed by atoms with Crippen LogP contribution < -0.4 is 0 Å². The SMILES string of the molecule is CC/C=C\C/C=C\C/C=C\CCCCCCCCOCC(COC1OC(COC2OC(CO)C(O)C(O)C2O)C(O)C(O)C1O)OC(=O)CCCCCCC. The van der Waals surface area contributed by atoms with Crippen LogP contribution in [0.15, 0.2) is 36.5 Å². The molecule has 0 aromatic rings. The Morgan fingerprint density at radius 3 is 1.85 bits per heavy atom. The van der Waals surface area contributed by atoms with Crippen LogP contribution in [-0.2, 0) is 33.2 Å². The molecule has 0 aromatic heterocycles. The lowest BCUT2D eigenvalue weighted by Gasteiger charge is -2.42. The second kappa shape index (κ2) is 30.3. The molecule has 0 bridgehead atoms. The van der Waals surface area contributed by atoms with Crippen LogP contribution in [0.3, 0.4) is 0 Å². The van der Waals surface area contributed by atoms with E-state index in [-0.39, 0.29) is 19.6 Å². The Bertz CT molecular complexity index is 1050. The third kappa shape index (κ3) is 20.0. The van der Waals surface area contributed by atoms with Crippen molar-refractivity contribution in [2.75, 3.05) is 33.0 Å². The maximum absolute atomic E-state index is 12.7. The van der Waals surface area contributed by atoms with Crippen LogP contribution in [-0.4, -0.2) is 142 Å². The number of esters is 1. The van der Waals surface area contributed by atoms with Gasteiger partial charge < -0.3 is 64.2 Å². The number of rotatable bonds is 30. The largest absolute Gasteiger partial charge is 0.457 e. The Morgan fingerprint density at radius 2 is 1.18 bits per heavy atom. The van der Waals surface area contributed by atoms with Gasteiger partial charge in [-0.1, -0.05) is 102 Å². The summed E-state index contributed by atoms with van der Waals surface area (Å²) < 4.78 is 33.9. The molecular weight excluding hydrogens is 716 g/mol. The van der Waals surface area contributed by atoms with E-state index in [4.69, 9.17) is 28.4 Å². The molecule has 2 saturated heterocycles. The predicted molar refractivity (Wildman–Crippen MR) is 206 cm³/mol. The minimum atomic E-state index is -1.70. The number of ether oxygens (including phenoxy) is 6. The number of unbranched alkanes of at least 4 members (excludes halogenated alkanes) is 10. The van der Waals surface area contributed by atoms with Crippen LogP contribution in [0.5, 0.6) is 0 Å². The summed E-state index contributed by atoms with van der Waals surface area (Å²) in [6.07, 6.45) is 12.7. The molecule has 7 N–H and O–H groups in total. The third-order valence-electron chi connectivity index (χ3n) is 9.66. The van der Waals surface area contributed by atoms with Gasteiger partial charge in [-0.3, -0.25) is 4.79 Å². The number of allylic oxidation sites excluding steroid dienone is 6. The summed E-state index contributed by atoms with van der Waals surface area (Å²) in [5.74, 6) is -0.397. The molecule has 0 aromatic carbocycles. The van der Waals surface area contributed by atoms with Gasteiger partial charge in [-0.05, 0) is 44.9 Å². The first-order chi connectivity index (χ1) is 26.6. The van der Waals surface area contributed by atoms with Gasteiger partial charge in [-0.2, -0.15) is 0 Å². The number of carbonyl (C=O) groups is 1. The van der Waals surface area contributed by atoms with Gasteiger partial charge in [0.15, 0.2) is 12.6 Å². The summed E-state index contributed by atoms with van der Waals surface area (Å²) in [7, 11) is 0. The maximum Gasteiger partial charge on any atom is 0.306 e. The molecule has 11 atom stereocenters. The molecule has 320 valence electrons. The first-order valence-electron chi connectivity index (χ1n) is 20.6. The molecule has 2 heterocycles. The number of hydrogen-bond acceptors (Lipinski definition) is 14. The normalized spacial score (nSPS) is 29.5. The quantitative estimate of drug-likeness (QED) is 0.0316. The van der Waals surface area contributed by atoms with Crippen molar-refractivity contribution in [2.24, 2.45) is 0 Å². The molecule has 0 aliphatic carbocycles. The molecule has 0 amide bonds. The Labute approximate surface area is 328 Å². The highest BCUT2D eigenvalue weighted by Gasteiger charge is 2.47. The molecular formula is C41H72O14. The molecule has 0 saturated carbocycles. The fourth-order valence-electron chi connectivity index (χ4n) is 6.24. The average Bonchev–Trinajstić information content (AvgIpc) is 3.18. The standard InChI is InChI=1S/C41H72O14/c1-3-5-7-9-10-11-12-13-14-15-16-17-18-19-21-23-25-50-27-30(53-33(43)24-22-20-8-6-4-2)28-51-40-39(49)37(47)35(45)32(55-40)29-52-41-38(48)36(46)34(44)31(26-42)54-41/h5,7,10-11,13-14,30-32,34-42,44-49H,3-4,6,8-9,12,15-29H2,1-2H3/b7-5-,11-10-,14-13-. The Hall–Kier alpha value is -1.79. The zero-order chi connectivity index (χ0) is 40.3. The summed E-state index contributed by atoms with van der Waals surface area (Å²) in [6, 6.07) is 0. The van der Waals surface area contributed by atoms with Crippen molar-refractivity contribution in [2.45, 2.75) is 184 Å². The fraction of sp³-hybridized carbons (Fsp3) is 0.829. The van der Waals surface area contributed by atoms with E-state index >= 15 is 0 Å². The van der Waals surface area contributed by atoms with Crippen LogP contribution in [0, 0.1) is 0 Å². The lowest BCUT2D eigenvalue weighted by molar-refractivity contribution is -0.332. The predicted octanol–water partition coefficient (Wildman–Crippen LogP) is 3.51. The highest BCUT2D eigenvalue weighted by atomic mass is 16.7. The van der Waals surface area contributed by atoms with Gasteiger partial charge >= 0.3 is 5.97 Å². The molecule has 2 fully saturated rings. The number of aliphatic hydroxyl groups excluding tert-OH is 7. The van der Waals surface area contributed by atoms with Gasteiger partial charge in [0.05, 0.1) is 26.4 Å². The smallest absolute Gasteiger partial charge is 0.306 e. The van der Waals surface area contributed by atoms with Gasteiger partial charge in [-0.15, -0.1) is 0 Å². The molecule has 2 rings (SSSR count). The van der Waals surface area contributed by atoms with Crippen molar-refractivity contribution in [3.63, 3.8) is 0 Å². The van der Waals surface area contributed by atoms with E-state index < -0.39 is 86.7 Å². The molecule has 2 aliphatic rings. The van der Waals surface area contributed by atoms with Crippen molar-refractivity contribution in [3.8, 4) is 0 Å². The van der Waals surface area contributed by atoms with Gasteiger partial charge in [0.25, 0.3) is 0 Å². The third-order valence-corrected chi connectivity index (χ3v) is 9.66. The average molecular weight is 789 g/mol. The first-order valence-corrected chi connectivity index (χ1v) is 20.6. The van der Waals surface area contributed by atoms with E-state index in [1.165, 1.54) is 12.8 Å². The Morgan fingerprint density at radius 1 is 0.618 bits per heavy atom. The zero-order valence-corrected chi connectivity index (χ0v) is 33.2. The summed E-state index contributed by atoms with van der Waals surface area (Å²) >= 11 is 0. The topological polar surface area (TPSA) is 214 Å². The minimum Gasteiger partial charge on any atom is -0.457 e. The Kier molecular flexibility index (Phi) is 27.2. The van der Waals surface area contributed by atoms with E-state index in [1.54, 1.807) is 0 Å². The molecule has 2 aliphatic heterocycles. The summed E-state index contributed by atoms with van der Waals surface area (Å²) in [6.45, 7) is 3.41. The van der Waals surface area contributed by atoms with Gasteiger partial charge in [-0.25, -0.2) is 0 Å². The van der Waals surface area contributed by atoms with Crippen LogP contribution in [0.2, 0.25) is 0 Å². The van der Waals surface area contributed by atoms with Crippen molar-refractivity contribution >= 4 is 5.97 Å². The van der Waals surface area contributed by atoms with E-state index in [0.29, 0.717) is 13.0 Å². The van der Waals surface area contributed by atoms with Crippen molar-refractivity contribution in [1.82, 2.24) is 0 Å². The van der Waals surface area contributed by atoms with Crippen molar-refractivity contribution in [1.29, 1.82) is 0 Å². The minimum absolute atomic E-state index is 0.0518. The van der Waals surface area contributed by atoms with Gasteiger partial charge in [0, 0.05) is 13.0 Å². The number of aliphatic hydroxyl groups is 7. The van der Waals surface area contributed by atoms with Gasteiger partial charge in [0.2, 0.25) is 0 Å². The van der Waals surface area contributed by atoms with E-state index in [0.717, 1.165) is 77.0 Å². The van der Waals surface area contributed by atoms with Crippen LogP contribution in [0.25, 0.3) is 0 Å². The lowest BCUT2D eigenvalue weighted by Crippen LogP contribution is -2.61. The van der Waals surface area contributed by atoms with E-state index in [2.05, 4.69) is 50.3 Å². The van der Waals surface area contributed by atoms with Crippen LogP contribution >= 0.6 is 0 Å². The lowest BCUT2D eigenvalue weighted by atomic mass is 9.98. The number of carbonyl (C=O) groups excluding carboxylic acids is 1. The van der Waals surface area contributed by atoms with Gasteiger partial charge in [0.1, 0.15) is 54.9 Å². The fourth-order valence-corrected chi connectivity index (χ4v) is 6.24. The van der Waals surface area contributed by atoms with Crippen molar-refractivity contribution < 1.29 is 69.0 Å². The molecule has 11 unspecified atom stereocenters. The highest BCUT2D eigenvalue weighted by molar-refractivity contribution is 5.69. The summed E-state index contributed by atoms with van der Waals surface area (Å²) in [5.41, 5.74) is 0. The van der Waals surface area contributed by atoms with Crippen LogP contribution in [0.4, 0.5) is 0 Å². The zero-order valence-electron chi connectivity index (χ0n) is 33.2. The van der Waals surface area contributed by atoms with Crippen LogP contribution in [0.1, 0.15) is 117 Å². The molecule has 0 radical (unpaired) electrons. The monoisotopic (exact) mass is 788 g/mol.